The van der Waals surface area contributed by atoms with Gasteiger partial charge in [-0.3, -0.25) is 4.40 Å². The molecule has 0 aliphatic carbocycles. The monoisotopic (exact) mass is 339 g/mol. The number of nitrogens with zero attached hydrogens (tertiary/aromatic N) is 2. The Morgan fingerprint density at radius 3 is 2.67 bits per heavy atom. The van der Waals surface area contributed by atoms with Gasteiger partial charge < -0.3 is 5.32 Å². The molecule has 3 nitrogen and oxygen atoms in total. The Morgan fingerprint density at radius 1 is 1.24 bits per heavy atom. The van der Waals surface area contributed by atoms with Crippen molar-refractivity contribution < 1.29 is 0 Å². The van der Waals surface area contributed by atoms with Gasteiger partial charge in [-0.15, -0.1) is 11.3 Å². The molecule has 0 spiro atoms. The normalized spacial score (nSPS) is 12.0. The Bertz CT molecular complexity index is 799. The van der Waals surface area contributed by atoms with Crippen molar-refractivity contribution in [1.82, 2.24) is 9.38 Å². The summed E-state index contributed by atoms with van der Waals surface area (Å²) in [5.74, 6) is 0.947. The first-order valence-electron chi connectivity index (χ1n) is 6.54. The fourth-order valence-corrected chi connectivity index (χ4v) is 3.34. The molecule has 1 N–H and O–H groups in total. The number of halogens is 2. The Kier molecular flexibility index (Phi) is 3.64. The Morgan fingerprint density at radius 2 is 2.00 bits per heavy atom. The summed E-state index contributed by atoms with van der Waals surface area (Å²) in [6, 6.07) is 5.48. The number of anilines is 1. The van der Waals surface area contributed by atoms with Crippen LogP contribution in [0.15, 0.2) is 29.8 Å². The third-order valence-electron chi connectivity index (χ3n) is 2.94. The van der Waals surface area contributed by atoms with Crippen LogP contribution < -0.4 is 5.32 Å². The number of hydrogen-bond donors (Lipinski definition) is 1. The quantitative estimate of drug-likeness (QED) is 0.660. The van der Waals surface area contributed by atoms with Crippen molar-refractivity contribution in [3.8, 4) is 11.3 Å². The minimum Gasteiger partial charge on any atom is -0.365 e. The lowest BCUT2D eigenvalue weighted by Gasteiger charge is -2.22. The second-order valence-corrected chi connectivity index (χ2v) is 7.58. The summed E-state index contributed by atoms with van der Waals surface area (Å²) in [5.41, 5.74) is 1.65. The van der Waals surface area contributed by atoms with Gasteiger partial charge in [-0.1, -0.05) is 23.2 Å². The van der Waals surface area contributed by atoms with Crippen molar-refractivity contribution in [3.63, 3.8) is 0 Å². The zero-order valence-electron chi connectivity index (χ0n) is 11.9. The van der Waals surface area contributed by atoms with E-state index in [1.54, 1.807) is 17.4 Å². The number of rotatable bonds is 2. The number of hydrogen-bond acceptors (Lipinski definition) is 3. The molecule has 2 heterocycles. The molecular formula is C15H15Cl2N3S. The van der Waals surface area contributed by atoms with Crippen molar-refractivity contribution in [2.24, 2.45) is 0 Å². The Labute approximate surface area is 137 Å². The summed E-state index contributed by atoms with van der Waals surface area (Å²) < 4.78 is 2.05. The molecule has 0 aliphatic rings. The Balaban J connectivity index is 2.21. The van der Waals surface area contributed by atoms with Crippen LogP contribution in [0.5, 0.6) is 0 Å². The van der Waals surface area contributed by atoms with E-state index in [-0.39, 0.29) is 5.54 Å². The highest BCUT2D eigenvalue weighted by atomic mass is 35.5. The highest BCUT2D eigenvalue weighted by molar-refractivity contribution is 7.15. The minimum atomic E-state index is -0.0778. The SMILES string of the molecule is CC(C)(C)Nc1c(-c2ccc(Cl)cc2Cl)nc2sccn12. The van der Waals surface area contributed by atoms with Crippen LogP contribution in [0.25, 0.3) is 16.2 Å². The molecule has 0 aliphatic heterocycles. The van der Waals surface area contributed by atoms with Crippen LogP contribution in [0.2, 0.25) is 10.0 Å². The van der Waals surface area contributed by atoms with Gasteiger partial charge in [0.15, 0.2) is 4.96 Å². The van der Waals surface area contributed by atoms with Crippen LogP contribution in [0.1, 0.15) is 20.8 Å². The lowest BCUT2D eigenvalue weighted by Crippen LogP contribution is -2.27. The third-order valence-corrected chi connectivity index (χ3v) is 4.25. The summed E-state index contributed by atoms with van der Waals surface area (Å²) in [7, 11) is 0. The van der Waals surface area contributed by atoms with E-state index in [9.17, 15) is 0 Å². The predicted molar refractivity (Wildman–Crippen MR) is 91.9 cm³/mol. The molecule has 0 atom stereocenters. The van der Waals surface area contributed by atoms with E-state index < -0.39 is 0 Å². The molecule has 0 unspecified atom stereocenters. The highest BCUT2D eigenvalue weighted by Gasteiger charge is 2.21. The first-order valence-corrected chi connectivity index (χ1v) is 8.18. The molecule has 110 valence electrons. The van der Waals surface area contributed by atoms with Gasteiger partial charge in [-0.05, 0) is 39.0 Å². The van der Waals surface area contributed by atoms with Crippen molar-refractivity contribution in [1.29, 1.82) is 0 Å². The van der Waals surface area contributed by atoms with E-state index in [0.29, 0.717) is 10.0 Å². The summed E-state index contributed by atoms with van der Waals surface area (Å²) in [6.07, 6.45) is 2.01. The lowest BCUT2D eigenvalue weighted by molar-refractivity contribution is 0.630. The predicted octanol–water partition coefficient (Wildman–Crippen LogP) is 5.58. The molecule has 2 aromatic heterocycles. The van der Waals surface area contributed by atoms with E-state index in [4.69, 9.17) is 28.2 Å². The summed E-state index contributed by atoms with van der Waals surface area (Å²) in [4.78, 5) is 5.64. The molecule has 3 aromatic rings. The maximum atomic E-state index is 6.34. The number of benzene rings is 1. The van der Waals surface area contributed by atoms with Gasteiger partial charge in [0.1, 0.15) is 11.5 Å². The highest BCUT2D eigenvalue weighted by Crippen LogP contribution is 2.37. The van der Waals surface area contributed by atoms with E-state index in [1.165, 1.54) is 0 Å². The Hall–Kier alpha value is -1.23. The maximum absolute atomic E-state index is 6.34. The van der Waals surface area contributed by atoms with E-state index in [2.05, 4.69) is 30.5 Å². The zero-order chi connectivity index (χ0) is 15.2. The van der Waals surface area contributed by atoms with Crippen molar-refractivity contribution >= 4 is 45.3 Å². The number of thiazole rings is 1. The molecule has 1 aromatic carbocycles. The topological polar surface area (TPSA) is 29.3 Å². The van der Waals surface area contributed by atoms with Crippen LogP contribution in [0.3, 0.4) is 0 Å². The molecule has 0 saturated carbocycles. The standard InChI is InChI=1S/C15H15Cl2N3S/c1-15(2,3)19-13-12(18-14-20(13)6-7-21-14)10-5-4-9(16)8-11(10)17/h4-8,19H,1-3H3. The molecule has 0 bridgehead atoms. The fraction of sp³-hybridized carbons (Fsp3) is 0.267. The lowest BCUT2D eigenvalue weighted by atomic mass is 10.1. The second kappa shape index (κ2) is 5.20. The molecule has 0 amide bonds. The first-order chi connectivity index (χ1) is 9.85. The van der Waals surface area contributed by atoms with Crippen molar-refractivity contribution in [3.05, 3.63) is 39.8 Å². The summed E-state index contributed by atoms with van der Waals surface area (Å²) >= 11 is 13.9. The van der Waals surface area contributed by atoms with Crippen LogP contribution in [-0.4, -0.2) is 14.9 Å². The van der Waals surface area contributed by atoms with Crippen LogP contribution in [0.4, 0.5) is 5.82 Å². The molecule has 0 fully saturated rings. The van der Waals surface area contributed by atoms with Gasteiger partial charge in [0.2, 0.25) is 0 Å². The maximum Gasteiger partial charge on any atom is 0.195 e. The second-order valence-electron chi connectivity index (χ2n) is 5.86. The van der Waals surface area contributed by atoms with Crippen molar-refractivity contribution in [2.75, 3.05) is 5.32 Å². The largest absolute Gasteiger partial charge is 0.365 e. The van der Waals surface area contributed by atoms with Crippen LogP contribution in [-0.2, 0) is 0 Å². The smallest absolute Gasteiger partial charge is 0.195 e. The molecule has 6 heteroatoms. The van der Waals surface area contributed by atoms with Gasteiger partial charge in [0, 0.05) is 27.7 Å². The van der Waals surface area contributed by atoms with E-state index >= 15 is 0 Å². The number of imidazole rings is 1. The number of nitrogens with one attached hydrogen (secondary N) is 1. The van der Waals surface area contributed by atoms with Crippen molar-refractivity contribution in [2.45, 2.75) is 26.3 Å². The van der Waals surface area contributed by atoms with Gasteiger partial charge in [0.05, 0.1) is 5.02 Å². The molecule has 21 heavy (non-hydrogen) atoms. The average molecular weight is 340 g/mol. The van der Waals surface area contributed by atoms with Gasteiger partial charge in [0.25, 0.3) is 0 Å². The van der Waals surface area contributed by atoms with Gasteiger partial charge in [-0.25, -0.2) is 4.98 Å². The van der Waals surface area contributed by atoms with Gasteiger partial charge in [-0.2, -0.15) is 0 Å². The summed E-state index contributed by atoms with van der Waals surface area (Å²) in [5, 5.41) is 6.75. The molecule has 3 rings (SSSR count). The van der Waals surface area contributed by atoms with Crippen LogP contribution >= 0.6 is 34.5 Å². The van der Waals surface area contributed by atoms with E-state index in [1.807, 2.05) is 23.7 Å². The molecule has 0 radical (unpaired) electrons. The average Bonchev–Trinajstić information content (AvgIpc) is 2.91. The molecule has 0 saturated heterocycles. The molecular weight excluding hydrogens is 325 g/mol. The fourth-order valence-electron chi connectivity index (χ4n) is 2.13. The van der Waals surface area contributed by atoms with E-state index in [0.717, 1.165) is 22.0 Å². The zero-order valence-corrected chi connectivity index (χ0v) is 14.3. The third kappa shape index (κ3) is 2.89. The summed E-state index contributed by atoms with van der Waals surface area (Å²) in [6.45, 7) is 6.35. The number of aromatic nitrogens is 2. The van der Waals surface area contributed by atoms with Gasteiger partial charge >= 0.3 is 0 Å². The van der Waals surface area contributed by atoms with Crippen LogP contribution in [0, 0.1) is 0 Å². The number of fused-ring (bicyclic) bond motifs is 1. The minimum absolute atomic E-state index is 0.0778. The first kappa shape index (κ1) is 14.7.